The van der Waals surface area contributed by atoms with Gasteiger partial charge in [-0.05, 0) is 73.1 Å². The minimum absolute atomic E-state index is 0.892. The molecule has 0 radical (unpaired) electrons. The molecular formula is C23H23N4+. The van der Waals surface area contributed by atoms with Crippen LogP contribution in [0, 0.1) is 27.7 Å². The van der Waals surface area contributed by atoms with Gasteiger partial charge in [0.2, 0.25) is 0 Å². The maximum Gasteiger partial charge on any atom is 0.287 e. The van der Waals surface area contributed by atoms with Crippen LogP contribution in [-0.2, 0) is 13.5 Å². The smallest absolute Gasteiger partial charge is 0.287 e. The Labute approximate surface area is 159 Å². The molecule has 0 saturated heterocycles. The van der Waals surface area contributed by atoms with Crippen molar-refractivity contribution in [2.45, 2.75) is 34.1 Å². The highest BCUT2D eigenvalue weighted by Crippen LogP contribution is 2.38. The molecule has 134 valence electrons. The molecule has 0 atom stereocenters. The number of hydrogen-bond acceptors (Lipinski definition) is 2. The Morgan fingerprint density at radius 3 is 2.67 bits per heavy atom. The summed E-state index contributed by atoms with van der Waals surface area (Å²) in [6, 6.07) is 8.88. The molecule has 4 nitrogen and oxygen atoms in total. The van der Waals surface area contributed by atoms with E-state index in [1.165, 1.54) is 44.6 Å². The van der Waals surface area contributed by atoms with E-state index in [-0.39, 0.29) is 0 Å². The SMILES string of the molecule is Cc1ccc2c(-c3cc4c(c(C)c3C)-n3cc(C)nc3C4)[n+](C)cnc2c1. The molecule has 0 saturated carbocycles. The minimum Gasteiger partial charge on any atom is -0.303 e. The fraction of sp³-hybridized carbons (Fsp3) is 0.261. The monoisotopic (exact) mass is 355 g/mol. The predicted octanol–water partition coefficient (Wildman–Crippen LogP) is 4.05. The number of aromatic nitrogens is 4. The molecule has 0 unspecified atom stereocenters. The van der Waals surface area contributed by atoms with E-state index in [0.29, 0.717) is 0 Å². The molecule has 1 aliphatic rings. The van der Waals surface area contributed by atoms with Gasteiger partial charge in [-0.3, -0.25) is 0 Å². The van der Waals surface area contributed by atoms with Crippen LogP contribution < -0.4 is 4.57 Å². The Morgan fingerprint density at radius 1 is 1.04 bits per heavy atom. The van der Waals surface area contributed by atoms with Gasteiger partial charge in [0.25, 0.3) is 6.33 Å². The topological polar surface area (TPSA) is 34.6 Å². The summed E-state index contributed by atoms with van der Waals surface area (Å²) in [5, 5.41) is 1.19. The van der Waals surface area contributed by atoms with Crippen LogP contribution in [0.2, 0.25) is 0 Å². The molecule has 1 aliphatic heterocycles. The van der Waals surface area contributed by atoms with E-state index in [4.69, 9.17) is 4.98 Å². The Balaban J connectivity index is 1.81. The van der Waals surface area contributed by atoms with Crippen LogP contribution in [0.25, 0.3) is 27.8 Å². The van der Waals surface area contributed by atoms with E-state index in [0.717, 1.165) is 23.5 Å². The summed E-state index contributed by atoms with van der Waals surface area (Å²) in [6.07, 6.45) is 4.97. The van der Waals surface area contributed by atoms with Gasteiger partial charge in [0.05, 0.1) is 23.8 Å². The van der Waals surface area contributed by atoms with E-state index < -0.39 is 0 Å². The molecule has 4 heteroatoms. The van der Waals surface area contributed by atoms with E-state index in [1.807, 2.05) is 6.33 Å². The van der Waals surface area contributed by atoms with Crippen LogP contribution in [0.3, 0.4) is 0 Å². The lowest BCUT2D eigenvalue weighted by Gasteiger charge is -2.16. The lowest BCUT2D eigenvalue weighted by atomic mass is 9.93. The van der Waals surface area contributed by atoms with Gasteiger partial charge < -0.3 is 4.57 Å². The van der Waals surface area contributed by atoms with Gasteiger partial charge in [0, 0.05) is 18.2 Å². The van der Waals surface area contributed by atoms with Crippen molar-refractivity contribution in [3.8, 4) is 16.9 Å². The first-order valence-electron chi connectivity index (χ1n) is 9.37. The Bertz CT molecular complexity index is 1250. The Kier molecular flexibility index (Phi) is 3.29. The number of imidazole rings is 1. The number of fused-ring (bicyclic) bond motifs is 4. The molecule has 0 amide bonds. The highest BCUT2D eigenvalue weighted by Gasteiger charge is 2.26. The van der Waals surface area contributed by atoms with Crippen LogP contribution in [0.5, 0.6) is 0 Å². The van der Waals surface area contributed by atoms with Crippen molar-refractivity contribution in [1.29, 1.82) is 0 Å². The lowest BCUT2D eigenvalue weighted by molar-refractivity contribution is -0.662. The van der Waals surface area contributed by atoms with E-state index in [2.05, 4.69) is 79.3 Å². The molecule has 0 aliphatic carbocycles. The van der Waals surface area contributed by atoms with Gasteiger partial charge in [-0.1, -0.05) is 6.07 Å². The third-order valence-corrected chi connectivity index (χ3v) is 5.82. The maximum absolute atomic E-state index is 4.70. The summed E-state index contributed by atoms with van der Waals surface area (Å²) in [4.78, 5) is 9.34. The number of rotatable bonds is 1. The molecule has 27 heavy (non-hydrogen) atoms. The first-order valence-corrected chi connectivity index (χ1v) is 9.37. The second kappa shape index (κ2) is 5.49. The summed E-state index contributed by atoms with van der Waals surface area (Å²) in [5.41, 5.74) is 11.2. The molecule has 4 aromatic rings. The van der Waals surface area contributed by atoms with Crippen LogP contribution in [0.1, 0.15) is 33.8 Å². The van der Waals surface area contributed by atoms with Crippen molar-refractivity contribution in [2.75, 3.05) is 0 Å². The van der Waals surface area contributed by atoms with Crippen LogP contribution in [-0.4, -0.2) is 14.5 Å². The highest BCUT2D eigenvalue weighted by atomic mass is 15.1. The summed E-state index contributed by atoms with van der Waals surface area (Å²) in [5.74, 6) is 1.14. The first kappa shape index (κ1) is 16.2. The lowest BCUT2D eigenvalue weighted by Crippen LogP contribution is -2.32. The van der Waals surface area contributed by atoms with Crippen molar-refractivity contribution in [1.82, 2.24) is 14.5 Å². The Morgan fingerprint density at radius 2 is 1.85 bits per heavy atom. The van der Waals surface area contributed by atoms with Gasteiger partial charge in [0.15, 0.2) is 5.52 Å². The second-order valence-corrected chi connectivity index (χ2v) is 7.75. The van der Waals surface area contributed by atoms with Gasteiger partial charge in [-0.2, -0.15) is 0 Å². The standard InChI is InChI=1S/C23H23N4/c1-13-6-7-18-20(8-13)24-12-26(5)23(18)19-9-17-10-21-25-14(2)11-27(21)22(17)16(4)15(19)3/h6-9,11-12H,10H2,1-5H3/q+1. The number of hydrogen-bond donors (Lipinski definition) is 0. The van der Waals surface area contributed by atoms with Gasteiger partial charge in [-0.25, -0.2) is 9.55 Å². The third kappa shape index (κ3) is 2.26. The van der Waals surface area contributed by atoms with E-state index in [9.17, 15) is 0 Å². The number of benzene rings is 2. The van der Waals surface area contributed by atoms with E-state index >= 15 is 0 Å². The molecule has 0 fully saturated rings. The maximum atomic E-state index is 4.70. The molecule has 5 rings (SSSR count). The molecule has 2 aromatic heterocycles. The third-order valence-electron chi connectivity index (χ3n) is 5.82. The predicted molar refractivity (Wildman–Crippen MR) is 107 cm³/mol. The second-order valence-electron chi connectivity index (χ2n) is 7.75. The average molecular weight is 355 g/mol. The normalized spacial score (nSPS) is 12.5. The molecule has 3 heterocycles. The quantitative estimate of drug-likeness (QED) is 0.425. The van der Waals surface area contributed by atoms with Gasteiger partial charge >= 0.3 is 0 Å². The van der Waals surface area contributed by atoms with Crippen LogP contribution in [0.4, 0.5) is 0 Å². The zero-order valence-electron chi connectivity index (χ0n) is 16.5. The van der Waals surface area contributed by atoms with Crippen molar-refractivity contribution in [2.24, 2.45) is 7.05 Å². The number of nitrogens with zero attached hydrogens (tertiary/aromatic N) is 4. The van der Waals surface area contributed by atoms with Crippen molar-refractivity contribution < 1.29 is 4.57 Å². The van der Waals surface area contributed by atoms with Gasteiger partial charge in [0.1, 0.15) is 11.5 Å². The fourth-order valence-electron chi connectivity index (χ4n) is 4.40. The van der Waals surface area contributed by atoms with Crippen molar-refractivity contribution >= 4 is 10.9 Å². The largest absolute Gasteiger partial charge is 0.303 e. The van der Waals surface area contributed by atoms with Crippen LogP contribution >= 0.6 is 0 Å². The summed E-state index contributed by atoms with van der Waals surface area (Å²) < 4.78 is 4.41. The zero-order chi connectivity index (χ0) is 18.9. The van der Waals surface area contributed by atoms with Crippen LogP contribution in [0.15, 0.2) is 36.8 Å². The molecule has 0 bridgehead atoms. The zero-order valence-corrected chi connectivity index (χ0v) is 16.5. The fourth-order valence-corrected chi connectivity index (χ4v) is 4.40. The molecular weight excluding hydrogens is 332 g/mol. The van der Waals surface area contributed by atoms with Gasteiger partial charge in [-0.15, -0.1) is 0 Å². The minimum atomic E-state index is 0.892. The van der Waals surface area contributed by atoms with E-state index in [1.54, 1.807) is 0 Å². The molecule has 2 aromatic carbocycles. The Hall–Kier alpha value is -3.01. The first-order chi connectivity index (χ1) is 12.9. The molecule has 0 spiro atoms. The highest BCUT2D eigenvalue weighted by molar-refractivity contribution is 5.92. The summed E-state index contributed by atoms with van der Waals surface area (Å²) >= 11 is 0. The summed E-state index contributed by atoms with van der Waals surface area (Å²) in [7, 11) is 2.08. The van der Waals surface area contributed by atoms with Crippen molar-refractivity contribution in [3.63, 3.8) is 0 Å². The summed E-state index contributed by atoms with van der Waals surface area (Å²) in [6.45, 7) is 8.64. The number of aryl methyl sites for hydroxylation is 3. The average Bonchev–Trinajstić information content (AvgIpc) is 3.14. The van der Waals surface area contributed by atoms with Crippen molar-refractivity contribution in [3.05, 3.63) is 70.6 Å². The molecule has 0 N–H and O–H groups in total.